The predicted octanol–water partition coefficient (Wildman–Crippen LogP) is 4.70. The molecule has 164 valence electrons. The highest BCUT2D eigenvalue weighted by Crippen LogP contribution is 2.40. The van der Waals surface area contributed by atoms with Crippen molar-refractivity contribution >= 4 is 52.2 Å². The van der Waals surface area contributed by atoms with Crippen molar-refractivity contribution in [3.63, 3.8) is 0 Å². The summed E-state index contributed by atoms with van der Waals surface area (Å²) in [5.41, 5.74) is 1.92. The minimum absolute atomic E-state index is 0.149. The van der Waals surface area contributed by atoms with Crippen LogP contribution in [-0.2, 0) is 11.2 Å². The van der Waals surface area contributed by atoms with Gasteiger partial charge in [-0.05, 0) is 65.4 Å². The lowest BCUT2D eigenvalue weighted by atomic mass is 9.97. The molecule has 0 N–H and O–H groups in total. The lowest BCUT2D eigenvalue weighted by Gasteiger charge is -2.39. The highest BCUT2D eigenvalue weighted by molar-refractivity contribution is 7.98. The SMILES string of the molecule is CSCCC(C(=O)N1CCc2sccc2C1c1cccs1)N1C(=O)c2ccccc2C1=O. The van der Waals surface area contributed by atoms with Crippen LogP contribution in [0.5, 0.6) is 0 Å². The van der Waals surface area contributed by atoms with Gasteiger partial charge in [0.15, 0.2) is 0 Å². The molecule has 5 nitrogen and oxygen atoms in total. The van der Waals surface area contributed by atoms with Crippen molar-refractivity contribution in [3.8, 4) is 0 Å². The Morgan fingerprint density at radius 2 is 1.81 bits per heavy atom. The molecule has 0 spiro atoms. The van der Waals surface area contributed by atoms with Crippen LogP contribution in [-0.4, -0.2) is 52.1 Å². The normalized spacial score (nSPS) is 18.6. The predicted molar refractivity (Wildman–Crippen MR) is 130 cm³/mol. The zero-order chi connectivity index (χ0) is 22.2. The van der Waals surface area contributed by atoms with Crippen molar-refractivity contribution in [2.45, 2.75) is 24.9 Å². The summed E-state index contributed by atoms with van der Waals surface area (Å²) in [6.07, 6.45) is 3.20. The van der Waals surface area contributed by atoms with Gasteiger partial charge in [-0.2, -0.15) is 11.8 Å². The summed E-state index contributed by atoms with van der Waals surface area (Å²) in [7, 11) is 0. The molecule has 2 aliphatic rings. The number of thioether (sulfide) groups is 1. The first kappa shape index (κ1) is 21.4. The number of amides is 3. The molecule has 32 heavy (non-hydrogen) atoms. The Labute approximate surface area is 199 Å². The van der Waals surface area contributed by atoms with Gasteiger partial charge >= 0.3 is 0 Å². The van der Waals surface area contributed by atoms with Crippen molar-refractivity contribution in [2.24, 2.45) is 0 Å². The fourth-order valence-electron chi connectivity index (χ4n) is 4.58. The molecular weight excluding hydrogens is 460 g/mol. The molecule has 8 heteroatoms. The van der Waals surface area contributed by atoms with Crippen LogP contribution in [0.4, 0.5) is 0 Å². The van der Waals surface area contributed by atoms with E-state index in [2.05, 4.69) is 17.5 Å². The summed E-state index contributed by atoms with van der Waals surface area (Å²) in [6.45, 7) is 0.577. The molecule has 1 aromatic carbocycles. The number of hydrogen-bond acceptors (Lipinski definition) is 6. The maximum Gasteiger partial charge on any atom is 0.262 e. The van der Waals surface area contributed by atoms with Crippen LogP contribution >= 0.6 is 34.4 Å². The van der Waals surface area contributed by atoms with Gasteiger partial charge < -0.3 is 4.90 Å². The summed E-state index contributed by atoms with van der Waals surface area (Å²) >= 11 is 4.97. The molecule has 2 aromatic heterocycles. The third-order valence-corrected chi connectivity index (χ3v) is 8.64. The first-order valence-corrected chi connectivity index (χ1v) is 13.6. The maximum atomic E-state index is 14.0. The number of carbonyl (C=O) groups is 3. The second-order valence-electron chi connectivity index (χ2n) is 7.82. The molecule has 0 bridgehead atoms. The van der Waals surface area contributed by atoms with Crippen molar-refractivity contribution in [1.82, 2.24) is 9.80 Å². The van der Waals surface area contributed by atoms with E-state index in [-0.39, 0.29) is 23.8 Å². The van der Waals surface area contributed by atoms with E-state index < -0.39 is 6.04 Å². The highest BCUT2D eigenvalue weighted by atomic mass is 32.2. The molecule has 3 amide bonds. The number of imide groups is 1. The zero-order valence-electron chi connectivity index (χ0n) is 17.5. The van der Waals surface area contributed by atoms with Gasteiger partial charge in [0.2, 0.25) is 5.91 Å². The standard InChI is InChI=1S/C24H22N2O3S3/c1-30-13-10-18(26-22(27)15-5-2-3-6-16(15)23(26)28)24(29)25-11-8-19-17(9-14-32-19)21(25)20-7-4-12-31-20/h2-7,9,12,14,18,21H,8,10-11,13H2,1H3. The van der Waals surface area contributed by atoms with Gasteiger partial charge in [0.05, 0.1) is 17.2 Å². The quantitative estimate of drug-likeness (QED) is 0.478. The number of fused-ring (bicyclic) bond motifs is 2. The van der Waals surface area contributed by atoms with E-state index in [1.54, 1.807) is 58.7 Å². The van der Waals surface area contributed by atoms with Crippen LogP contribution < -0.4 is 0 Å². The third kappa shape index (κ3) is 3.50. The van der Waals surface area contributed by atoms with Crippen molar-refractivity contribution in [2.75, 3.05) is 18.6 Å². The fraction of sp³-hybridized carbons (Fsp3) is 0.292. The highest BCUT2D eigenvalue weighted by Gasteiger charge is 2.45. The summed E-state index contributed by atoms with van der Waals surface area (Å²) in [5, 5.41) is 4.10. The molecule has 0 fully saturated rings. The van der Waals surface area contributed by atoms with E-state index in [4.69, 9.17) is 0 Å². The number of hydrogen-bond donors (Lipinski definition) is 0. The molecule has 0 radical (unpaired) electrons. The molecule has 2 aliphatic heterocycles. The number of thiophene rings is 2. The van der Waals surface area contributed by atoms with Crippen LogP contribution in [0.1, 0.15) is 48.5 Å². The van der Waals surface area contributed by atoms with Crippen molar-refractivity contribution in [3.05, 3.63) is 79.7 Å². The molecule has 5 rings (SSSR count). The molecular formula is C24H22N2O3S3. The average Bonchev–Trinajstić information content (AvgIpc) is 3.56. The Morgan fingerprint density at radius 3 is 2.47 bits per heavy atom. The Kier molecular flexibility index (Phi) is 5.92. The van der Waals surface area contributed by atoms with E-state index >= 15 is 0 Å². The number of carbonyl (C=O) groups excluding carboxylic acids is 3. The molecule has 0 aliphatic carbocycles. The summed E-state index contributed by atoms with van der Waals surface area (Å²) in [5.74, 6) is -0.203. The fourth-order valence-corrected chi connectivity index (χ4v) is 6.80. The second kappa shape index (κ2) is 8.84. The largest absolute Gasteiger partial charge is 0.329 e. The Balaban J connectivity index is 1.52. The van der Waals surface area contributed by atoms with Gasteiger partial charge in [-0.25, -0.2) is 0 Å². The van der Waals surface area contributed by atoms with Crippen LogP contribution in [0.15, 0.2) is 53.2 Å². The number of nitrogens with zero attached hydrogens (tertiary/aromatic N) is 2. The first-order valence-electron chi connectivity index (χ1n) is 10.5. The third-order valence-electron chi connectivity index (χ3n) is 6.08. The topological polar surface area (TPSA) is 57.7 Å². The van der Waals surface area contributed by atoms with E-state index in [1.165, 1.54) is 9.78 Å². The molecule has 0 saturated heterocycles. The van der Waals surface area contributed by atoms with Crippen LogP contribution in [0.25, 0.3) is 0 Å². The van der Waals surface area contributed by atoms with Gasteiger partial charge in [-0.3, -0.25) is 19.3 Å². The molecule has 2 unspecified atom stereocenters. The van der Waals surface area contributed by atoms with E-state index in [0.717, 1.165) is 16.9 Å². The van der Waals surface area contributed by atoms with Crippen LogP contribution in [0.2, 0.25) is 0 Å². The van der Waals surface area contributed by atoms with Crippen molar-refractivity contribution in [1.29, 1.82) is 0 Å². The minimum atomic E-state index is -0.808. The van der Waals surface area contributed by atoms with Crippen LogP contribution in [0.3, 0.4) is 0 Å². The van der Waals surface area contributed by atoms with Crippen LogP contribution in [0, 0.1) is 0 Å². The van der Waals surface area contributed by atoms with Gasteiger partial charge in [0.25, 0.3) is 11.8 Å². The molecule has 4 heterocycles. The van der Waals surface area contributed by atoms with E-state index in [1.807, 2.05) is 22.6 Å². The molecule has 0 saturated carbocycles. The maximum absolute atomic E-state index is 14.0. The summed E-state index contributed by atoms with van der Waals surface area (Å²) in [6, 6.07) is 12.0. The monoisotopic (exact) mass is 482 g/mol. The zero-order valence-corrected chi connectivity index (χ0v) is 20.0. The number of benzene rings is 1. The average molecular weight is 483 g/mol. The smallest absolute Gasteiger partial charge is 0.262 e. The Morgan fingerprint density at radius 1 is 1.06 bits per heavy atom. The van der Waals surface area contributed by atoms with Gasteiger partial charge in [0.1, 0.15) is 6.04 Å². The van der Waals surface area contributed by atoms with E-state index in [0.29, 0.717) is 29.8 Å². The Hall–Kier alpha value is -2.42. The molecule has 3 aromatic rings. The second-order valence-corrected chi connectivity index (χ2v) is 10.8. The van der Waals surface area contributed by atoms with Crippen molar-refractivity contribution < 1.29 is 14.4 Å². The van der Waals surface area contributed by atoms with Gasteiger partial charge in [-0.15, -0.1) is 22.7 Å². The van der Waals surface area contributed by atoms with Gasteiger partial charge in [0, 0.05) is 16.3 Å². The Bertz CT molecular complexity index is 1140. The first-order chi connectivity index (χ1) is 15.6. The lowest BCUT2D eigenvalue weighted by molar-refractivity contribution is -0.137. The van der Waals surface area contributed by atoms with E-state index in [9.17, 15) is 14.4 Å². The number of rotatable bonds is 6. The molecule has 2 atom stereocenters. The summed E-state index contributed by atoms with van der Waals surface area (Å²) < 4.78 is 0. The van der Waals surface area contributed by atoms with Gasteiger partial charge in [-0.1, -0.05) is 18.2 Å². The lowest BCUT2D eigenvalue weighted by Crippen LogP contribution is -2.53. The summed E-state index contributed by atoms with van der Waals surface area (Å²) in [4.78, 5) is 45.9. The minimum Gasteiger partial charge on any atom is -0.329 e.